The van der Waals surface area contributed by atoms with E-state index in [9.17, 15) is 9.18 Å². The highest BCUT2D eigenvalue weighted by Crippen LogP contribution is 2.24. The molecule has 0 radical (unpaired) electrons. The number of ether oxygens (including phenoxy) is 1. The third-order valence-corrected chi connectivity index (χ3v) is 4.38. The summed E-state index contributed by atoms with van der Waals surface area (Å²) in [6.45, 7) is 2.61. The van der Waals surface area contributed by atoms with Crippen molar-refractivity contribution in [3.63, 3.8) is 0 Å². The number of likely N-dealkylation sites (tertiary alicyclic amines) is 1. The van der Waals surface area contributed by atoms with Crippen molar-refractivity contribution in [1.82, 2.24) is 4.90 Å². The van der Waals surface area contributed by atoms with E-state index in [0.717, 1.165) is 24.8 Å². The number of carbonyl (C=O) groups excluding carboxylic acids is 1. The summed E-state index contributed by atoms with van der Waals surface area (Å²) in [5.41, 5.74) is 6.20. The van der Waals surface area contributed by atoms with Gasteiger partial charge in [-0.1, -0.05) is 0 Å². The number of halogens is 1. The van der Waals surface area contributed by atoms with E-state index in [1.54, 1.807) is 29.2 Å². The van der Waals surface area contributed by atoms with Gasteiger partial charge in [0.05, 0.1) is 6.10 Å². The number of piperidine rings is 1. The van der Waals surface area contributed by atoms with Gasteiger partial charge in [0, 0.05) is 25.3 Å². The van der Waals surface area contributed by atoms with Gasteiger partial charge in [-0.15, -0.1) is 0 Å². The molecule has 2 heterocycles. The Morgan fingerprint density at radius 3 is 2.60 bits per heavy atom. The summed E-state index contributed by atoms with van der Waals surface area (Å²) >= 11 is 0. The van der Waals surface area contributed by atoms with E-state index < -0.39 is 0 Å². The molecule has 1 aromatic heterocycles. The zero-order chi connectivity index (χ0) is 17.6. The van der Waals surface area contributed by atoms with Crippen LogP contribution in [0.3, 0.4) is 0 Å². The van der Waals surface area contributed by atoms with Gasteiger partial charge in [0.2, 0.25) is 0 Å². The first-order valence-corrected chi connectivity index (χ1v) is 8.64. The Morgan fingerprint density at radius 1 is 1.20 bits per heavy atom. The maximum Gasteiger partial charge on any atom is 0.289 e. The van der Waals surface area contributed by atoms with E-state index in [2.05, 4.69) is 0 Å². The van der Waals surface area contributed by atoms with Crippen LogP contribution in [0.15, 0.2) is 40.8 Å². The molecule has 0 unspecified atom stereocenters. The lowest BCUT2D eigenvalue weighted by molar-refractivity contribution is 0.00766. The lowest BCUT2D eigenvalue weighted by Gasteiger charge is -2.31. The minimum atomic E-state index is -0.303. The molecule has 0 spiro atoms. The van der Waals surface area contributed by atoms with E-state index >= 15 is 0 Å². The molecular weight excluding hydrogens is 323 g/mol. The Morgan fingerprint density at radius 2 is 1.92 bits per heavy atom. The molecule has 0 aliphatic carbocycles. The van der Waals surface area contributed by atoms with Gasteiger partial charge in [-0.3, -0.25) is 4.79 Å². The van der Waals surface area contributed by atoms with Crippen LogP contribution in [0.2, 0.25) is 0 Å². The first-order chi connectivity index (χ1) is 12.2. The van der Waals surface area contributed by atoms with Crippen LogP contribution in [-0.2, 0) is 4.74 Å². The maximum atomic E-state index is 13.0. The summed E-state index contributed by atoms with van der Waals surface area (Å²) in [7, 11) is 0. The Labute approximate surface area is 146 Å². The second-order valence-corrected chi connectivity index (χ2v) is 6.18. The quantitative estimate of drug-likeness (QED) is 0.816. The van der Waals surface area contributed by atoms with Gasteiger partial charge in [-0.25, -0.2) is 4.39 Å². The molecule has 1 fully saturated rings. The molecular formula is C19H23FN2O3. The highest BCUT2D eigenvalue weighted by Gasteiger charge is 2.25. The molecule has 2 aromatic rings. The Bertz CT molecular complexity index is 691. The monoisotopic (exact) mass is 346 g/mol. The Balaban J connectivity index is 1.56. The molecule has 0 atom stereocenters. The van der Waals surface area contributed by atoms with E-state index in [-0.39, 0.29) is 17.8 Å². The Kier molecular flexibility index (Phi) is 5.83. The van der Waals surface area contributed by atoms with Gasteiger partial charge in [0.1, 0.15) is 11.6 Å². The summed E-state index contributed by atoms with van der Waals surface area (Å²) in [6.07, 6.45) is 2.70. The minimum Gasteiger partial charge on any atom is -0.451 e. The predicted octanol–water partition coefficient (Wildman–Crippen LogP) is 3.06. The molecule has 1 amide bonds. The molecule has 6 heteroatoms. The van der Waals surface area contributed by atoms with Crippen LogP contribution in [-0.4, -0.2) is 43.2 Å². The molecule has 1 aliphatic rings. The number of hydrogen-bond acceptors (Lipinski definition) is 4. The topological polar surface area (TPSA) is 68.7 Å². The fourth-order valence-electron chi connectivity index (χ4n) is 2.94. The molecule has 1 aromatic carbocycles. The van der Waals surface area contributed by atoms with Crippen molar-refractivity contribution in [2.45, 2.75) is 25.4 Å². The van der Waals surface area contributed by atoms with Gasteiger partial charge in [0.25, 0.3) is 5.91 Å². The first kappa shape index (κ1) is 17.6. The SMILES string of the molecule is NCCCOC1CCN(C(=O)c2ccc(-c3ccc(F)cc3)o2)CC1. The fourth-order valence-corrected chi connectivity index (χ4v) is 2.94. The van der Waals surface area contributed by atoms with Crippen LogP contribution in [0.4, 0.5) is 4.39 Å². The minimum absolute atomic E-state index is 0.117. The molecule has 3 rings (SSSR count). The number of rotatable bonds is 6. The lowest BCUT2D eigenvalue weighted by atomic mass is 10.1. The smallest absolute Gasteiger partial charge is 0.289 e. The van der Waals surface area contributed by atoms with Crippen molar-refractivity contribution >= 4 is 5.91 Å². The number of nitrogens with two attached hydrogens (primary N) is 1. The van der Waals surface area contributed by atoms with Crippen LogP contribution in [0, 0.1) is 5.82 Å². The predicted molar refractivity (Wildman–Crippen MR) is 92.7 cm³/mol. The number of hydrogen-bond donors (Lipinski definition) is 1. The number of nitrogens with zero attached hydrogens (tertiary/aromatic N) is 1. The first-order valence-electron chi connectivity index (χ1n) is 8.64. The van der Waals surface area contributed by atoms with Gasteiger partial charge in [0.15, 0.2) is 5.76 Å². The maximum absolute atomic E-state index is 13.0. The normalized spacial score (nSPS) is 15.5. The molecule has 0 saturated carbocycles. The van der Waals surface area contributed by atoms with Crippen molar-refractivity contribution in [3.05, 3.63) is 48.0 Å². The van der Waals surface area contributed by atoms with Crippen LogP contribution in [0.25, 0.3) is 11.3 Å². The van der Waals surface area contributed by atoms with E-state index in [1.807, 2.05) is 0 Å². The molecule has 1 aliphatic heterocycles. The average Bonchev–Trinajstić information content (AvgIpc) is 3.13. The largest absolute Gasteiger partial charge is 0.451 e. The van der Waals surface area contributed by atoms with Crippen molar-refractivity contribution in [2.24, 2.45) is 5.73 Å². The van der Waals surface area contributed by atoms with Crippen LogP contribution in [0.5, 0.6) is 0 Å². The second-order valence-electron chi connectivity index (χ2n) is 6.18. The van der Waals surface area contributed by atoms with Crippen molar-refractivity contribution in [1.29, 1.82) is 0 Å². The standard InChI is InChI=1S/C19H23FN2O3/c20-15-4-2-14(3-5-15)17-6-7-18(25-17)19(23)22-11-8-16(9-12-22)24-13-1-10-21/h2-7,16H,1,8-13,21H2. The number of amides is 1. The van der Waals surface area contributed by atoms with Gasteiger partial charge in [-0.05, 0) is 62.2 Å². The number of furan rings is 1. The lowest BCUT2D eigenvalue weighted by Crippen LogP contribution is -2.40. The van der Waals surface area contributed by atoms with Crippen LogP contribution < -0.4 is 5.73 Å². The molecule has 5 nitrogen and oxygen atoms in total. The molecule has 25 heavy (non-hydrogen) atoms. The second kappa shape index (κ2) is 8.27. The number of carbonyl (C=O) groups is 1. The summed E-state index contributed by atoms with van der Waals surface area (Å²) < 4.78 is 24.4. The highest BCUT2D eigenvalue weighted by atomic mass is 19.1. The van der Waals surface area contributed by atoms with Crippen molar-refractivity contribution in [3.8, 4) is 11.3 Å². The van der Waals surface area contributed by atoms with Gasteiger partial charge in [-0.2, -0.15) is 0 Å². The molecule has 0 bridgehead atoms. The highest BCUT2D eigenvalue weighted by molar-refractivity contribution is 5.92. The molecule has 2 N–H and O–H groups in total. The summed E-state index contributed by atoms with van der Waals surface area (Å²) in [4.78, 5) is 14.4. The fraction of sp³-hybridized carbons (Fsp3) is 0.421. The van der Waals surface area contributed by atoms with E-state index in [0.29, 0.717) is 37.8 Å². The molecule has 134 valence electrons. The summed E-state index contributed by atoms with van der Waals surface area (Å²) in [5, 5.41) is 0. The Hall–Kier alpha value is -2.18. The third-order valence-electron chi connectivity index (χ3n) is 4.38. The molecule has 1 saturated heterocycles. The van der Waals surface area contributed by atoms with Crippen molar-refractivity contribution < 1.29 is 18.3 Å². The van der Waals surface area contributed by atoms with Gasteiger partial charge < -0.3 is 19.8 Å². The summed E-state index contributed by atoms with van der Waals surface area (Å²) in [5.74, 6) is 0.446. The van der Waals surface area contributed by atoms with Crippen molar-refractivity contribution in [2.75, 3.05) is 26.2 Å². The summed E-state index contributed by atoms with van der Waals surface area (Å²) in [6, 6.07) is 9.41. The van der Waals surface area contributed by atoms with Crippen LogP contribution in [0.1, 0.15) is 29.8 Å². The zero-order valence-corrected chi connectivity index (χ0v) is 14.1. The average molecular weight is 346 g/mol. The van der Waals surface area contributed by atoms with E-state index in [4.69, 9.17) is 14.9 Å². The zero-order valence-electron chi connectivity index (χ0n) is 14.1. The third kappa shape index (κ3) is 4.46. The van der Waals surface area contributed by atoms with Crippen LogP contribution >= 0.6 is 0 Å². The van der Waals surface area contributed by atoms with Gasteiger partial charge >= 0.3 is 0 Å². The number of benzene rings is 1. The van der Waals surface area contributed by atoms with E-state index in [1.165, 1.54) is 12.1 Å².